The predicted molar refractivity (Wildman–Crippen MR) is 78.2 cm³/mol. The Hall–Kier alpha value is -1.22. The van der Waals surface area contributed by atoms with Crippen LogP contribution in [0.4, 0.5) is 0 Å². The van der Waals surface area contributed by atoms with Crippen molar-refractivity contribution >= 4 is 0 Å². The van der Waals surface area contributed by atoms with Crippen LogP contribution in [-0.2, 0) is 0 Å². The minimum absolute atomic E-state index is 0.647. The van der Waals surface area contributed by atoms with Gasteiger partial charge in [0.2, 0.25) is 0 Å². The zero-order valence-electron chi connectivity index (χ0n) is 12.2. The maximum absolute atomic E-state index is 5.35. The normalized spacial score (nSPS) is 21.8. The molecule has 2 atom stereocenters. The standard InChI is InChI=1S/C16H25NO2/c1-4-7-17-11-12-5-6-16(12)13-8-14(18-2)10-15(9-13)19-3/h8-10,12,16-17H,4-7,11H2,1-3H3. The molecule has 2 rings (SSSR count). The Kier molecular flexibility index (Phi) is 5.08. The molecule has 19 heavy (non-hydrogen) atoms. The molecule has 2 unspecified atom stereocenters. The lowest BCUT2D eigenvalue weighted by Gasteiger charge is -2.37. The van der Waals surface area contributed by atoms with Gasteiger partial charge in [0, 0.05) is 6.07 Å². The van der Waals surface area contributed by atoms with Gasteiger partial charge >= 0.3 is 0 Å². The molecule has 0 spiro atoms. The number of hydrogen-bond donors (Lipinski definition) is 1. The fourth-order valence-electron chi connectivity index (χ4n) is 2.76. The fraction of sp³-hybridized carbons (Fsp3) is 0.625. The SMILES string of the molecule is CCCNCC1CCC1c1cc(OC)cc(OC)c1. The fourth-order valence-corrected chi connectivity index (χ4v) is 2.76. The Balaban J connectivity index is 2.04. The van der Waals surface area contributed by atoms with Gasteiger partial charge in [-0.2, -0.15) is 0 Å². The molecule has 1 fully saturated rings. The highest BCUT2D eigenvalue weighted by molar-refractivity contribution is 5.41. The molecule has 0 heterocycles. The van der Waals surface area contributed by atoms with Gasteiger partial charge in [0.1, 0.15) is 11.5 Å². The van der Waals surface area contributed by atoms with Crippen molar-refractivity contribution in [2.24, 2.45) is 5.92 Å². The second-order valence-corrected chi connectivity index (χ2v) is 5.29. The second kappa shape index (κ2) is 6.80. The number of benzene rings is 1. The van der Waals surface area contributed by atoms with Crippen molar-refractivity contribution in [2.75, 3.05) is 27.3 Å². The van der Waals surface area contributed by atoms with Gasteiger partial charge in [-0.15, -0.1) is 0 Å². The zero-order valence-corrected chi connectivity index (χ0v) is 12.2. The van der Waals surface area contributed by atoms with Gasteiger partial charge < -0.3 is 14.8 Å². The monoisotopic (exact) mass is 263 g/mol. The summed E-state index contributed by atoms with van der Waals surface area (Å²) in [6.07, 6.45) is 3.79. The van der Waals surface area contributed by atoms with Crippen LogP contribution in [0.1, 0.15) is 37.7 Å². The first-order chi connectivity index (χ1) is 9.28. The molecule has 0 aliphatic heterocycles. The van der Waals surface area contributed by atoms with Crippen molar-refractivity contribution in [2.45, 2.75) is 32.1 Å². The largest absolute Gasteiger partial charge is 0.497 e. The van der Waals surface area contributed by atoms with E-state index in [0.29, 0.717) is 5.92 Å². The second-order valence-electron chi connectivity index (χ2n) is 5.29. The van der Waals surface area contributed by atoms with E-state index in [4.69, 9.17) is 9.47 Å². The summed E-state index contributed by atoms with van der Waals surface area (Å²) >= 11 is 0. The van der Waals surface area contributed by atoms with E-state index in [2.05, 4.69) is 24.4 Å². The van der Waals surface area contributed by atoms with Crippen LogP contribution in [0, 0.1) is 5.92 Å². The molecule has 1 aliphatic carbocycles. The molecule has 0 radical (unpaired) electrons. The van der Waals surface area contributed by atoms with Gasteiger partial charge in [0.05, 0.1) is 14.2 Å². The molecule has 0 bridgehead atoms. The summed E-state index contributed by atoms with van der Waals surface area (Å²) in [4.78, 5) is 0. The van der Waals surface area contributed by atoms with Gasteiger partial charge in [-0.25, -0.2) is 0 Å². The molecule has 0 saturated heterocycles. The van der Waals surface area contributed by atoms with Crippen LogP contribution in [0.15, 0.2) is 18.2 Å². The third-order valence-corrected chi connectivity index (χ3v) is 4.05. The molecule has 3 heteroatoms. The molecule has 0 aromatic heterocycles. The lowest BCUT2D eigenvalue weighted by Crippen LogP contribution is -2.34. The van der Waals surface area contributed by atoms with Crippen LogP contribution in [0.3, 0.4) is 0 Å². The van der Waals surface area contributed by atoms with E-state index >= 15 is 0 Å². The predicted octanol–water partition coefficient (Wildman–Crippen LogP) is 3.20. The Labute approximate surface area is 116 Å². The third kappa shape index (κ3) is 3.41. The Morgan fingerprint density at radius 1 is 1.11 bits per heavy atom. The first-order valence-corrected chi connectivity index (χ1v) is 7.22. The van der Waals surface area contributed by atoms with E-state index < -0.39 is 0 Å². The molecule has 106 valence electrons. The highest BCUT2D eigenvalue weighted by atomic mass is 16.5. The lowest BCUT2D eigenvalue weighted by atomic mass is 9.70. The molecular weight excluding hydrogens is 238 g/mol. The van der Waals surface area contributed by atoms with Crippen LogP contribution in [0.25, 0.3) is 0 Å². The van der Waals surface area contributed by atoms with Gasteiger partial charge in [-0.05, 0) is 61.9 Å². The molecule has 1 N–H and O–H groups in total. The molecule has 0 amide bonds. The Bertz CT molecular complexity index is 383. The number of nitrogens with one attached hydrogen (secondary N) is 1. The quantitative estimate of drug-likeness (QED) is 0.766. The Morgan fingerprint density at radius 3 is 2.26 bits per heavy atom. The highest BCUT2D eigenvalue weighted by Gasteiger charge is 2.32. The zero-order chi connectivity index (χ0) is 13.7. The molecule has 1 saturated carbocycles. The van der Waals surface area contributed by atoms with Crippen molar-refractivity contribution in [1.82, 2.24) is 5.32 Å². The Morgan fingerprint density at radius 2 is 1.79 bits per heavy atom. The van der Waals surface area contributed by atoms with Crippen LogP contribution in [0.2, 0.25) is 0 Å². The van der Waals surface area contributed by atoms with Crippen molar-refractivity contribution < 1.29 is 9.47 Å². The van der Waals surface area contributed by atoms with E-state index in [1.54, 1.807) is 14.2 Å². The maximum Gasteiger partial charge on any atom is 0.122 e. The van der Waals surface area contributed by atoms with E-state index in [9.17, 15) is 0 Å². The summed E-state index contributed by atoms with van der Waals surface area (Å²) in [5.41, 5.74) is 1.35. The highest BCUT2D eigenvalue weighted by Crippen LogP contribution is 2.44. The number of rotatable bonds is 7. The first-order valence-electron chi connectivity index (χ1n) is 7.22. The number of ether oxygens (including phenoxy) is 2. The van der Waals surface area contributed by atoms with Gasteiger partial charge in [-0.3, -0.25) is 0 Å². The van der Waals surface area contributed by atoms with Crippen LogP contribution >= 0.6 is 0 Å². The lowest BCUT2D eigenvalue weighted by molar-refractivity contribution is 0.245. The molecular formula is C16H25NO2. The van der Waals surface area contributed by atoms with Crippen molar-refractivity contribution in [3.05, 3.63) is 23.8 Å². The van der Waals surface area contributed by atoms with Crippen LogP contribution in [-0.4, -0.2) is 27.3 Å². The minimum atomic E-state index is 0.647. The first kappa shape index (κ1) is 14.2. The summed E-state index contributed by atoms with van der Waals surface area (Å²) in [6.45, 7) is 4.45. The van der Waals surface area contributed by atoms with E-state index in [1.807, 2.05) is 6.07 Å². The average Bonchev–Trinajstić information content (AvgIpc) is 2.41. The smallest absolute Gasteiger partial charge is 0.122 e. The van der Waals surface area contributed by atoms with Crippen molar-refractivity contribution in [1.29, 1.82) is 0 Å². The summed E-state index contributed by atoms with van der Waals surface area (Å²) in [5.74, 6) is 3.18. The topological polar surface area (TPSA) is 30.5 Å². The van der Waals surface area contributed by atoms with Gasteiger partial charge in [0.25, 0.3) is 0 Å². The minimum Gasteiger partial charge on any atom is -0.497 e. The van der Waals surface area contributed by atoms with Crippen LogP contribution in [0.5, 0.6) is 11.5 Å². The van der Waals surface area contributed by atoms with Crippen molar-refractivity contribution in [3.8, 4) is 11.5 Å². The summed E-state index contributed by atoms with van der Waals surface area (Å²) < 4.78 is 10.7. The summed E-state index contributed by atoms with van der Waals surface area (Å²) in [7, 11) is 3.42. The third-order valence-electron chi connectivity index (χ3n) is 4.05. The van der Waals surface area contributed by atoms with Gasteiger partial charge in [-0.1, -0.05) is 6.92 Å². The average molecular weight is 263 g/mol. The van der Waals surface area contributed by atoms with Gasteiger partial charge in [0.15, 0.2) is 0 Å². The number of methoxy groups -OCH3 is 2. The van der Waals surface area contributed by atoms with E-state index in [1.165, 1.54) is 24.8 Å². The molecule has 1 aliphatic rings. The number of hydrogen-bond acceptors (Lipinski definition) is 3. The summed E-state index contributed by atoms with van der Waals surface area (Å²) in [6, 6.07) is 6.24. The van der Waals surface area contributed by atoms with E-state index in [-0.39, 0.29) is 0 Å². The molecule has 1 aromatic carbocycles. The van der Waals surface area contributed by atoms with Crippen LogP contribution < -0.4 is 14.8 Å². The van der Waals surface area contributed by atoms with E-state index in [0.717, 1.165) is 30.5 Å². The maximum atomic E-state index is 5.35. The molecule has 1 aromatic rings. The summed E-state index contributed by atoms with van der Waals surface area (Å²) in [5, 5.41) is 3.53. The van der Waals surface area contributed by atoms with Crippen molar-refractivity contribution in [3.63, 3.8) is 0 Å². The molecule has 3 nitrogen and oxygen atoms in total.